The molecule has 0 aliphatic carbocycles. The third kappa shape index (κ3) is 9.86. The van der Waals surface area contributed by atoms with Crippen LogP contribution in [0.25, 0.3) is 0 Å². The van der Waals surface area contributed by atoms with Gasteiger partial charge in [-0.15, -0.1) is 0 Å². The van der Waals surface area contributed by atoms with Crippen molar-refractivity contribution in [1.82, 2.24) is 4.57 Å². The number of aromatic nitrogens is 1. The standard InChI is InChI=1S/C24H45NO4S/c1-4-7-8-9-10-11-12-13-14-15-16-20(5-2)18-25-23(27)17-22(24(25)28)30(29)19-21(26)6-3/h17,20-21,26-28H,4-16,18-19H2,1-3H3. The molecule has 1 aromatic rings. The minimum Gasteiger partial charge on any atom is -0.494 e. The monoisotopic (exact) mass is 443 g/mol. The lowest BCUT2D eigenvalue weighted by Crippen LogP contribution is -2.15. The maximum atomic E-state index is 12.4. The van der Waals surface area contributed by atoms with Crippen molar-refractivity contribution in [3.8, 4) is 11.8 Å². The van der Waals surface area contributed by atoms with Gasteiger partial charge in [0.1, 0.15) is 4.90 Å². The van der Waals surface area contributed by atoms with E-state index in [1.54, 1.807) is 0 Å². The number of unbranched alkanes of at least 4 members (excludes halogenated alkanes) is 9. The lowest BCUT2D eigenvalue weighted by atomic mass is 9.97. The summed E-state index contributed by atoms with van der Waals surface area (Å²) >= 11 is 0. The van der Waals surface area contributed by atoms with Gasteiger partial charge in [-0.05, 0) is 18.8 Å². The van der Waals surface area contributed by atoms with Crippen LogP contribution in [0.2, 0.25) is 0 Å². The molecule has 0 bridgehead atoms. The van der Waals surface area contributed by atoms with Crippen molar-refractivity contribution in [2.24, 2.45) is 5.92 Å². The summed E-state index contributed by atoms with van der Waals surface area (Å²) in [7, 11) is -1.53. The van der Waals surface area contributed by atoms with Gasteiger partial charge in [-0.3, -0.25) is 8.78 Å². The molecule has 0 amide bonds. The highest BCUT2D eigenvalue weighted by atomic mass is 32.2. The molecule has 3 N–H and O–H groups in total. The molecule has 0 spiro atoms. The first-order valence-electron chi connectivity index (χ1n) is 12.1. The quantitative estimate of drug-likeness (QED) is 0.239. The van der Waals surface area contributed by atoms with Crippen molar-refractivity contribution < 1.29 is 19.5 Å². The van der Waals surface area contributed by atoms with E-state index in [0.29, 0.717) is 18.9 Å². The topological polar surface area (TPSA) is 82.7 Å². The molecule has 0 aliphatic heterocycles. The first-order chi connectivity index (χ1) is 14.4. The maximum absolute atomic E-state index is 12.4. The zero-order valence-corrected chi connectivity index (χ0v) is 20.3. The van der Waals surface area contributed by atoms with Crippen molar-refractivity contribution >= 4 is 10.8 Å². The van der Waals surface area contributed by atoms with Crippen LogP contribution in [0.15, 0.2) is 11.0 Å². The first-order valence-corrected chi connectivity index (χ1v) is 13.4. The van der Waals surface area contributed by atoms with E-state index in [1.807, 2.05) is 6.92 Å². The molecule has 1 heterocycles. The van der Waals surface area contributed by atoms with Crippen LogP contribution in [0.1, 0.15) is 104 Å². The van der Waals surface area contributed by atoms with E-state index in [4.69, 9.17) is 0 Å². The van der Waals surface area contributed by atoms with Crippen LogP contribution in [-0.4, -0.2) is 36.0 Å². The van der Waals surface area contributed by atoms with Gasteiger partial charge in [0, 0.05) is 12.6 Å². The number of hydrogen-bond acceptors (Lipinski definition) is 4. The zero-order chi connectivity index (χ0) is 22.4. The van der Waals surface area contributed by atoms with Crippen molar-refractivity contribution in [3.05, 3.63) is 6.07 Å². The third-order valence-corrected chi connectivity index (χ3v) is 7.54. The average Bonchev–Trinajstić information content (AvgIpc) is 3.02. The fourth-order valence-electron chi connectivity index (χ4n) is 3.83. The van der Waals surface area contributed by atoms with Crippen molar-refractivity contribution in [2.75, 3.05) is 5.75 Å². The smallest absolute Gasteiger partial charge is 0.210 e. The van der Waals surface area contributed by atoms with Crippen LogP contribution in [0.4, 0.5) is 0 Å². The highest BCUT2D eigenvalue weighted by Crippen LogP contribution is 2.33. The molecule has 176 valence electrons. The molecule has 3 atom stereocenters. The number of hydrogen-bond donors (Lipinski definition) is 3. The Morgan fingerprint density at radius 2 is 1.47 bits per heavy atom. The molecule has 0 fully saturated rings. The molecule has 0 aliphatic rings. The van der Waals surface area contributed by atoms with Crippen molar-refractivity contribution in [2.45, 2.75) is 122 Å². The second-order valence-electron chi connectivity index (χ2n) is 8.62. The van der Waals surface area contributed by atoms with E-state index in [1.165, 1.54) is 74.8 Å². The molecular formula is C24H45NO4S. The molecule has 0 saturated carbocycles. The lowest BCUT2D eigenvalue weighted by molar-refractivity contribution is 0.194. The van der Waals surface area contributed by atoms with Gasteiger partial charge in [-0.2, -0.15) is 0 Å². The molecule has 1 rings (SSSR count). The fraction of sp³-hybridized carbons (Fsp3) is 0.833. The van der Waals surface area contributed by atoms with E-state index >= 15 is 0 Å². The van der Waals surface area contributed by atoms with Gasteiger partial charge in [0.25, 0.3) is 0 Å². The Morgan fingerprint density at radius 1 is 0.900 bits per heavy atom. The number of nitrogens with zero attached hydrogens (tertiary/aromatic N) is 1. The Morgan fingerprint density at radius 3 is 2.00 bits per heavy atom. The van der Waals surface area contributed by atoms with E-state index in [2.05, 4.69) is 13.8 Å². The van der Waals surface area contributed by atoms with Crippen LogP contribution in [0.5, 0.6) is 11.8 Å². The van der Waals surface area contributed by atoms with Gasteiger partial charge >= 0.3 is 0 Å². The predicted octanol–water partition coefficient (Wildman–Crippen LogP) is 6.12. The van der Waals surface area contributed by atoms with Crippen LogP contribution >= 0.6 is 0 Å². The summed E-state index contributed by atoms with van der Waals surface area (Å²) in [5, 5.41) is 30.5. The zero-order valence-electron chi connectivity index (χ0n) is 19.4. The summed E-state index contributed by atoms with van der Waals surface area (Å²) < 4.78 is 13.9. The molecule has 0 aromatic carbocycles. The maximum Gasteiger partial charge on any atom is 0.210 e. The summed E-state index contributed by atoms with van der Waals surface area (Å²) in [5.41, 5.74) is 0. The Balaban J connectivity index is 2.39. The second kappa shape index (κ2) is 15.7. The average molecular weight is 444 g/mol. The van der Waals surface area contributed by atoms with Gasteiger partial charge in [0.05, 0.1) is 22.7 Å². The van der Waals surface area contributed by atoms with E-state index < -0.39 is 16.9 Å². The summed E-state index contributed by atoms with van der Waals surface area (Å²) in [5.74, 6) is 0.258. The SMILES string of the molecule is CCCCCCCCCCCCC(CC)Cn1c(O)cc(S(=O)CC(O)CC)c1O. The number of rotatable bonds is 18. The van der Waals surface area contributed by atoms with E-state index in [9.17, 15) is 19.5 Å². The molecule has 5 nitrogen and oxygen atoms in total. The minimum absolute atomic E-state index is 0.0524. The largest absolute Gasteiger partial charge is 0.494 e. The number of aliphatic hydroxyl groups is 1. The molecule has 30 heavy (non-hydrogen) atoms. The van der Waals surface area contributed by atoms with Crippen molar-refractivity contribution in [3.63, 3.8) is 0 Å². The molecule has 0 saturated heterocycles. The second-order valence-corrected chi connectivity index (χ2v) is 10.1. The Hall–Kier alpha value is -1.01. The first kappa shape index (κ1) is 27.0. The number of aromatic hydroxyl groups is 2. The summed E-state index contributed by atoms with van der Waals surface area (Å²) in [6.07, 6.45) is 15.0. The Kier molecular flexibility index (Phi) is 14.2. The van der Waals surface area contributed by atoms with Crippen LogP contribution < -0.4 is 0 Å². The molecule has 1 aromatic heterocycles. The summed E-state index contributed by atoms with van der Waals surface area (Å²) in [4.78, 5) is 0.216. The van der Waals surface area contributed by atoms with Gasteiger partial charge < -0.3 is 15.3 Å². The highest BCUT2D eigenvalue weighted by Gasteiger charge is 2.22. The minimum atomic E-state index is -1.53. The normalized spacial score (nSPS) is 14.7. The van der Waals surface area contributed by atoms with Gasteiger partial charge in [0.2, 0.25) is 5.88 Å². The predicted molar refractivity (Wildman–Crippen MR) is 126 cm³/mol. The highest BCUT2D eigenvalue weighted by molar-refractivity contribution is 7.85. The lowest BCUT2D eigenvalue weighted by Gasteiger charge is -2.17. The summed E-state index contributed by atoms with van der Waals surface area (Å²) in [6, 6.07) is 1.38. The summed E-state index contributed by atoms with van der Waals surface area (Å²) in [6.45, 7) is 6.74. The molecular weight excluding hydrogens is 398 g/mol. The third-order valence-electron chi connectivity index (χ3n) is 6.06. The number of aliphatic hydroxyl groups excluding tert-OH is 1. The van der Waals surface area contributed by atoms with Gasteiger partial charge in [-0.1, -0.05) is 91.4 Å². The molecule has 0 radical (unpaired) electrons. The van der Waals surface area contributed by atoms with E-state index in [0.717, 1.165) is 12.8 Å². The molecule has 3 unspecified atom stereocenters. The van der Waals surface area contributed by atoms with Crippen LogP contribution in [-0.2, 0) is 17.3 Å². The fourth-order valence-corrected chi connectivity index (χ4v) is 5.15. The van der Waals surface area contributed by atoms with Crippen molar-refractivity contribution in [1.29, 1.82) is 0 Å². The van der Waals surface area contributed by atoms with Crippen LogP contribution in [0.3, 0.4) is 0 Å². The van der Waals surface area contributed by atoms with Gasteiger partial charge in [-0.25, -0.2) is 0 Å². The van der Waals surface area contributed by atoms with Crippen LogP contribution in [0, 0.1) is 5.92 Å². The molecule has 6 heteroatoms. The van der Waals surface area contributed by atoms with Gasteiger partial charge in [0.15, 0.2) is 5.88 Å². The van der Waals surface area contributed by atoms with E-state index in [-0.39, 0.29) is 22.4 Å². The Labute approximate surface area is 186 Å². The Bertz CT molecular complexity index is 602.